The highest BCUT2D eigenvalue weighted by molar-refractivity contribution is 7.34. The summed E-state index contributed by atoms with van der Waals surface area (Å²) in [6.45, 7) is 4.81. The quantitative estimate of drug-likeness (QED) is 0.0198. The van der Waals surface area contributed by atoms with Crippen LogP contribution >= 0.6 is 16.5 Å². The molecule has 0 aliphatic heterocycles. The van der Waals surface area contributed by atoms with E-state index in [2.05, 4.69) is 53.2 Å². The van der Waals surface area contributed by atoms with Crippen LogP contribution in [0, 0.1) is 0 Å². The van der Waals surface area contributed by atoms with Gasteiger partial charge in [0.2, 0.25) is 0 Å². The molecule has 0 aromatic heterocycles. The van der Waals surface area contributed by atoms with E-state index in [1.165, 1.54) is 38.5 Å². The first kappa shape index (κ1) is 86.4. The molecular formula is C77H96N10O16P2+2. The van der Waals surface area contributed by atoms with Crippen molar-refractivity contribution in [3.05, 3.63) is 238 Å². The molecule has 2 atom stereocenters. The Labute approximate surface area is 615 Å². The first-order chi connectivity index (χ1) is 50.7. The summed E-state index contributed by atoms with van der Waals surface area (Å²) in [6.07, 6.45) is 13.3. The second-order valence-electron chi connectivity index (χ2n) is 23.1. The van der Waals surface area contributed by atoms with Crippen molar-refractivity contribution in [2.45, 2.75) is 103 Å². The van der Waals surface area contributed by atoms with Gasteiger partial charge in [0, 0.05) is 132 Å². The average molecular weight is 1480 g/mol. The van der Waals surface area contributed by atoms with Crippen LogP contribution in [0.2, 0.25) is 0 Å². The zero-order valence-electron chi connectivity index (χ0n) is 60.5. The molecule has 7 aromatic carbocycles. The van der Waals surface area contributed by atoms with Crippen LogP contribution in [0.25, 0.3) is 0 Å². The van der Waals surface area contributed by atoms with Gasteiger partial charge < -0.3 is 53.2 Å². The van der Waals surface area contributed by atoms with Gasteiger partial charge in [-0.05, 0) is 154 Å². The molecule has 2 unspecified atom stereocenters. The molecule has 9 rings (SSSR count). The normalized spacial score (nSPS) is 12.2. The van der Waals surface area contributed by atoms with E-state index >= 15 is 0 Å². The minimum Gasteiger partial charge on any atom is -0.355 e. The Morgan fingerprint density at radius 3 is 0.771 bits per heavy atom. The molecular weight excluding hydrogens is 1380 g/mol. The molecule has 0 saturated heterocycles. The van der Waals surface area contributed by atoms with Crippen molar-refractivity contribution in [2.24, 2.45) is 0 Å². The van der Waals surface area contributed by atoms with Crippen LogP contribution in [0.1, 0.15) is 194 Å². The Morgan fingerprint density at radius 2 is 0.543 bits per heavy atom. The predicted octanol–water partition coefficient (Wildman–Crippen LogP) is 11.4. The number of amides is 10. The monoisotopic (exact) mass is 1480 g/mol. The van der Waals surface area contributed by atoms with Crippen molar-refractivity contribution in [3.8, 4) is 11.5 Å². The molecule has 0 spiro atoms. The van der Waals surface area contributed by atoms with Gasteiger partial charge in [-0.1, -0.05) is 128 Å². The number of para-hydroxylation sites is 2. The van der Waals surface area contributed by atoms with Crippen LogP contribution in [0.5, 0.6) is 11.5 Å². The number of hydrogen-bond acceptors (Lipinski definition) is 16. The smallest absolute Gasteiger partial charge is 0.355 e. The molecule has 2 aliphatic carbocycles. The van der Waals surface area contributed by atoms with E-state index in [9.17, 15) is 57.1 Å². The van der Waals surface area contributed by atoms with Gasteiger partial charge >= 0.3 is 16.5 Å². The highest BCUT2D eigenvalue weighted by Crippen LogP contribution is 2.32. The van der Waals surface area contributed by atoms with Gasteiger partial charge in [0.1, 0.15) is 0 Å². The number of nitrogens with one attached hydrogen (secondary N) is 10. The van der Waals surface area contributed by atoms with Crippen molar-refractivity contribution >= 4 is 75.6 Å². The minimum atomic E-state index is -2.41. The number of benzene rings is 7. The number of rotatable bonds is 24. The lowest BCUT2D eigenvalue weighted by Crippen LogP contribution is -2.37. The van der Waals surface area contributed by atoms with Crippen LogP contribution in [-0.4, -0.2) is 133 Å². The van der Waals surface area contributed by atoms with Crippen molar-refractivity contribution in [2.75, 3.05) is 62.2 Å². The second kappa shape index (κ2) is 49.5. The Morgan fingerprint density at radius 1 is 0.314 bits per heavy atom. The highest BCUT2D eigenvalue weighted by atomic mass is 31.1. The van der Waals surface area contributed by atoms with E-state index in [4.69, 9.17) is 18.1 Å². The topological polar surface area (TPSA) is 362 Å². The molecule has 0 heterocycles. The van der Waals surface area contributed by atoms with Gasteiger partial charge in [-0.3, -0.25) is 47.9 Å². The van der Waals surface area contributed by atoms with Gasteiger partial charge in [0.25, 0.3) is 65.9 Å². The number of carbonyl (C=O) groups excluding carboxylic acids is 10. The van der Waals surface area contributed by atoms with Crippen LogP contribution in [0.4, 0.5) is 0 Å². The maximum Gasteiger partial charge on any atom is 0.752 e. The third kappa shape index (κ3) is 32.9. The Balaban J connectivity index is 0.000000270. The molecule has 10 amide bonds. The molecule has 2 saturated carbocycles. The molecule has 0 radical (unpaired) electrons. The summed E-state index contributed by atoms with van der Waals surface area (Å²) < 4.78 is 42.4. The molecule has 0 bridgehead atoms. The van der Waals surface area contributed by atoms with Gasteiger partial charge in [-0.15, -0.1) is 0 Å². The van der Waals surface area contributed by atoms with Crippen LogP contribution in [0.15, 0.2) is 182 Å². The molecule has 558 valence electrons. The zero-order chi connectivity index (χ0) is 76.7. The fourth-order valence-electron chi connectivity index (χ4n) is 9.88. The van der Waals surface area contributed by atoms with E-state index in [0.29, 0.717) is 80.2 Å². The third-order valence-electron chi connectivity index (χ3n) is 15.4. The van der Waals surface area contributed by atoms with Crippen LogP contribution in [0.3, 0.4) is 0 Å². The maximum atomic E-state index is 12.4. The molecule has 26 nitrogen and oxygen atoms in total. The van der Waals surface area contributed by atoms with Gasteiger partial charge in [-0.25, -0.2) is 9.05 Å². The van der Waals surface area contributed by atoms with Crippen molar-refractivity contribution in [1.29, 1.82) is 0 Å². The zero-order valence-corrected chi connectivity index (χ0v) is 62.3. The average Bonchev–Trinajstić information content (AvgIpc) is 0.885. The summed E-state index contributed by atoms with van der Waals surface area (Å²) in [5, 5.41) is 26.8. The van der Waals surface area contributed by atoms with E-state index in [1.54, 1.807) is 224 Å². The summed E-state index contributed by atoms with van der Waals surface area (Å²) in [5.74, 6) is -0.774. The van der Waals surface area contributed by atoms with Gasteiger partial charge in [0.05, 0.1) is 0 Å². The number of carbonyl (C=O) groups is 10. The first-order valence-corrected chi connectivity index (χ1v) is 36.6. The minimum absolute atomic E-state index is 0.0609. The van der Waals surface area contributed by atoms with E-state index in [1.807, 2.05) is 13.8 Å². The lowest BCUT2D eigenvalue weighted by Gasteiger charge is -2.23. The van der Waals surface area contributed by atoms with Gasteiger partial charge in [0.15, 0.2) is 11.5 Å². The predicted molar refractivity (Wildman–Crippen MR) is 403 cm³/mol. The summed E-state index contributed by atoms with van der Waals surface area (Å²) >= 11 is 0. The van der Waals surface area contributed by atoms with Crippen molar-refractivity contribution in [1.82, 2.24) is 53.2 Å². The summed E-state index contributed by atoms with van der Waals surface area (Å²) in [5.41, 5.74) is 5.08. The SMILES string of the molecule is CCCNC(=O)c1cccc(C(=O)NCCC)c1.CNC(=O)c1cccc(C(=O)NC)c1.CNC(=O)c1cccc(C(=O)NC)c1.CNC(=O)c1cccc(C(=O)NC)c1.O=C(NC1CCCCC1)c1cccc(C(=O)NC2CCCCC2)c1.O=[P+](OCO[P+](=O)Oc1ccccc1)Oc1ccccc1. The van der Waals surface area contributed by atoms with Crippen molar-refractivity contribution in [3.63, 3.8) is 0 Å². The molecule has 2 fully saturated rings. The number of hydrogen-bond donors (Lipinski definition) is 10. The highest BCUT2D eigenvalue weighted by Gasteiger charge is 2.29. The molecule has 2 aliphatic rings. The molecule has 28 heteroatoms. The standard InChI is InChI=1S/C20H28N2O2.C14H20N2O2.C13H12O6P2.3C10H12N2O2/c23-19(21-17-10-3-1-4-11-17)15-8-7-9-16(14-15)20(24)22-18-12-5-2-6-13-18;1-3-8-15-13(17)11-6-5-7-12(10-11)14(18)16-9-4-2;14-20(18-12-7-3-1-4-8-12)16-11-17-21(15)19-13-9-5-2-6-10-13;3*1-11-9(13)7-4-3-5-8(6-7)10(14)12-2/h7-9,14,17-18H,1-6,10-13H2,(H,21,23)(H,22,24);5-7,10H,3-4,8-9H2,1-2H3,(H,15,17)(H,16,18);1-10H,11H2;3*3-6H,1-2H3,(H,11,13)(H,12,14)/q;;+2;;;. The Hall–Kier alpha value is -11.0. The van der Waals surface area contributed by atoms with Gasteiger partial charge in [-0.2, -0.15) is 0 Å². The van der Waals surface area contributed by atoms with E-state index < -0.39 is 23.3 Å². The summed E-state index contributed by atoms with van der Waals surface area (Å²) in [6, 6.07) is 51.1. The molecule has 7 aromatic rings. The van der Waals surface area contributed by atoms with Crippen molar-refractivity contribution < 1.29 is 75.2 Å². The summed E-state index contributed by atoms with van der Waals surface area (Å²) in [7, 11) is 4.49. The fourth-order valence-corrected chi connectivity index (χ4v) is 10.9. The second-order valence-corrected chi connectivity index (χ2v) is 24.9. The van der Waals surface area contributed by atoms with E-state index in [-0.39, 0.29) is 71.2 Å². The van der Waals surface area contributed by atoms with E-state index in [0.717, 1.165) is 38.5 Å². The molecule has 105 heavy (non-hydrogen) atoms. The first-order valence-electron chi connectivity index (χ1n) is 34.4. The fraction of sp³-hybridized carbons (Fsp3) is 0.325. The largest absolute Gasteiger partial charge is 0.752 e. The molecule has 10 N–H and O–H groups in total. The van der Waals surface area contributed by atoms with Crippen LogP contribution in [-0.2, 0) is 18.2 Å². The van der Waals surface area contributed by atoms with Crippen LogP contribution < -0.4 is 62.2 Å². The maximum absolute atomic E-state index is 12.4. The Bertz CT molecular complexity index is 3570. The lowest BCUT2D eigenvalue weighted by molar-refractivity contribution is 0.0916. The lowest BCUT2D eigenvalue weighted by atomic mass is 9.95. The third-order valence-corrected chi connectivity index (χ3v) is 16.8. The summed E-state index contributed by atoms with van der Waals surface area (Å²) in [4.78, 5) is 116. The Kier molecular flexibility index (Phi) is 40.8.